The molecule has 1 amide bonds. The smallest absolute Gasteiger partial charge is 0.475 e. The lowest BCUT2D eigenvalue weighted by Gasteiger charge is -2.28. The number of ether oxygens (including phenoxy) is 1. The Labute approximate surface area is 192 Å². The number of carboxylic acids is 1. The molecule has 0 atom stereocenters. The van der Waals surface area contributed by atoms with E-state index in [1.165, 1.54) is 12.8 Å². The molecule has 2 aromatic heterocycles. The van der Waals surface area contributed by atoms with Crippen LogP contribution in [-0.4, -0.2) is 61.2 Å². The summed E-state index contributed by atoms with van der Waals surface area (Å²) in [6, 6.07) is 9.59. The summed E-state index contributed by atoms with van der Waals surface area (Å²) in [5.74, 6) is -2.04. The Hall–Kier alpha value is -3.54. The first kappa shape index (κ1) is 23.6. The van der Waals surface area contributed by atoms with Crippen molar-refractivity contribution in [2.24, 2.45) is 5.92 Å². The van der Waals surface area contributed by atoms with Crippen LogP contribution < -0.4 is 0 Å². The van der Waals surface area contributed by atoms with E-state index >= 15 is 0 Å². The number of carbonyl (C=O) groups excluding carboxylic acids is 1. The van der Waals surface area contributed by atoms with Crippen molar-refractivity contribution >= 4 is 22.8 Å². The van der Waals surface area contributed by atoms with E-state index in [4.69, 9.17) is 14.6 Å². The highest BCUT2D eigenvalue weighted by atomic mass is 19.4. The van der Waals surface area contributed by atoms with Crippen molar-refractivity contribution in [3.63, 3.8) is 0 Å². The number of fused-ring (bicyclic) bond motifs is 2. The van der Waals surface area contributed by atoms with Crippen LogP contribution in [0.2, 0.25) is 0 Å². The van der Waals surface area contributed by atoms with Gasteiger partial charge in [-0.1, -0.05) is 23.4 Å². The van der Waals surface area contributed by atoms with Gasteiger partial charge in [0, 0.05) is 24.7 Å². The number of carbonyl (C=O) groups is 2. The molecule has 0 saturated heterocycles. The monoisotopic (exact) mass is 477 g/mol. The van der Waals surface area contributed by atoms with Crippen LogP contribution in [0.15, 0.2) is 36.5 Å². The molecule has 0 bridgehead atoms. The van der Waals surface area contributed by atoms with E-state index in [0.29, 0.717) is 37.7 Å². The minimum atomic E-state index is -5.08. The third-order valence-electron chi connectivity index (χ3n) is 5.52. The van der Waals surface area contributed by atoms with Gasteiger partial charge in [-0.3, -0.25) is 9.78 Å². The van der Waals surface area contributed by atoms with Gasteiger partial charge in [0.15, 0.2) is 0 Å². The molecule has 1 aromatic carbocycles. The van der Waals surface area contributed by atoms with Crippen molar-refractivity contribution in [3.8, 4) is 0 Å². The maximum Gasteiger partial charge on any atom is 0.490 e. The highest BCUT2D eigenvalue weighted by molar-refractivity contribution is 6.05. The first-order valence-electron chi connectivity index (χ1n) is 10.7. The summed E-state index contributed by atoms with van der Waals surface area (Å²) in [5, 5.41) is 16.6. The number of para-hydroxylation sites is 1. The van der Waals surface area contributed by atoms with E-state index in [9.17, 15) is 18.0 Å². The lowest BCUT2D eigenvalue weighted by Crippen LogP contribution is -2.39. The fraction of sp³-hybridized carbons (Fsp3) is 0.409. The zero-order valence-corrected chi connectivity index (χ0v) is 18.0. The topological polar surface area (TPSA) is 110 Å². The van der Waals surface area contributed by atoms with Crippen LogP contribution in [0.4, 0.5) is 13.2 Å². The van der Waals surface area contributed by atoms with Crippen molar-refractivity contribution in [1.29, 1.82) is 0 Å². The number of rotatable bonds is 5. The van der Waals surface area contributed by atoms with Crippen LogP contribution in [0.1, 0.15) is 34.6 Å². The Morgan fingerprint density at radius 1 is 1.15 bits per heavy atom. The molecule has 0 spiro atoms. The number of halogens is 3. The molecule has 1 fully saturated rings. The highest BCUT2D eigenvalue weighted by Crippen LogP contribution is 2.29. The van der Waals surface area contributed by atoms with Crippen LogP contribution in [0.3, 0.4) is 0 Å². The van der Waals surface area contributed by atoms with E-state index in [0.717, 1.165) is 28.9 Å². The summed E-state index contributed by atoms with van der Waals surface area (Å²) < 4.78 is 39.4. The quantitative estimate of drug-likeness (QED) is 0.601. The van der Waals surface area contributed by atoms with Crippen LogP contribution in [0.5, 0.6) is 0 Å². The van der Waals surface area contributed by atoms with Gasteiger partial charge in [0.2, 0.25) is 0 Å². The average Bonchev–Trinajstić information content (AvgIpc) is 3.56. The fourth-order valence-corrected chi connectivity index (χ4v) is 3.54. The number of nitrogens with zero attached hydrogens (tertiary/aromatic N) is 5. The molecule has 5 rings (SSSR count). The lowest BCUT2D eigenvalue weighted by molar-refractivity contribution is -0.192. The van der Waals surface area contributed by atoms with Gasteiger partial charge in [-0.05, 0) is 30.9 Å². The molecule has 9 nitrogen and oxygen atoms in total. The molecule has 12 heteroatoms. The molecule has 1 N–H and O–H groups in total. The molecule has 0 radical (unpaired) electrons. The van der Waals surface area contributed by atoms with Crippen molar-refractivity contribution in [1.82, 2.24) is 24.9 Å². The van der Waals surface area contributed by atoms with E-state index in [-0.39, 0.29) is 5.91 Å². The fourth-order valence-electron chi connectivity index (χ4n) is 3.54. The van der Waals surface area contributed by atoms with Gasteiger partial charge in [-0.25, -0.2) is 9.48 Å². The zero-order chi connectivity index (χ0) is 24.3. The van der Waals surface area contributed by atoms with Gasteiger partial charge in [-0.2, -0.15) is 13.2 Å². The summed E-state index contributed by atoms with van der Waals surface area (Å²) in [4.78, 5) is 28.3. The second-order valence-corrected chi connectivity index (χ2v) is 8.07. The summed E-state index contributed by atoms with van der Waals surface area (Å²) in [6.45, 7) is 3.01. The maximum absolute atomic E-state index is 13.2. The number of aliphatic carboxylic acids is 1. The summed E-state index contributed by atoms with van der Waals surface area (Å²) in [5.41, 5.74) is 3.19. The molecular formula is C22H22F3N5O4. The normalized spacial score (nSPS) is 15.4. The predicted octanol–water partition coefficient (Wildman–Crippen LogP) is 3.04. The molecule has 3 aromatic rings. The largest absolute Gasteiger partial charge is 0.490 e. The number of hydrogen-bond acceptors (Lipinski definition) is 6. The van der Waals surface area contributed by atoms with Crippen molar-refractivity contribution in [2.45, 2.75) is 38.7 Å². The Balaban J connectivity index is 0.000000344. The highest BCUT2D eigenvalue weighted by Gasteiger charge is 2.38. The first-order valence-corrected chi connectivity index (χ1v) is 10.7. The van der Waals surface area contributed by atoms with E-state index in [1.54, 1.807) is 6.20 Å². The summed E-state index contributed by atoms with van der Waals surface area (Å²) in [6.07, 6.45) is -0.828. The number of amides is 1. The minimum absolute atomic E-state index is 0.00315. The summed E-state index contributed by atoms with van der Waals surface area (Å²) in [7, 11) is 0. The number of alkyl halides is 3. The predicted molar refractivity (Wildman–Crippen MR) is 113 cm³/mol. The Morgan fingerprint density at radius 3 is 2.59 bits per heavy atom. The standard InChI is InChI=1S/C20H21N5O2.C2HF3O2/c26-20(16-5-1-3-15-4-2-8-21-19(15)16)24-9-10-25-18(11-24)17(22-23-25)13-27-12-14-6-7-14;3-2(4,5)1(6)7/h1-5,8,14H,6-7,9-13H2;(H,6,7). The second-order valence-electron chi connectivity index (χ2n) is 8.07. The molecule has 0 unspecified atom stereocenters. The van der Waals surface area contributed by atoms with E-state index < -0.39 is 12.1 Å². The van der Waals surface area contributed by atoms with Gasteiger partial charge >= 0.3 is 12.1 Å². The van der Waals surface area contributed by atoms with Gasteiger partial charge < -0.3 is 14.7 Å². The van der Waals surface area contributed by atoms with Gasteiger partial charge in [-0.15, -0.1) is 5.10 Å². The third-order valence-corrected chi connectivity index (χ3v) is 5.52. The number of carboxylic acid groups (broad SMARTS) is 1. The number of pyridine rings is 1. The van der Waals surface area contributed by atoms with Crippen LogP contribution in [-0.2, 0) is 29.2 Å². The third kappa shape index (κ3) is 5.50. The Morgan fingerprint density at radius 2 is 1.88 bits per heavy atom. The van der Waals surface area contributed by atoms with Gasteiger partial charge in [0.25, 0.3) is 5.91 Å². The van der Waals surface area contributed by atoms with Crippen molar-refractivity contribution < 1.29 is 32.6 Å². The SMILES string of the molecule is O=C(O)C(F)(F)F.O=C(c1cccc2cccnc12)N1CCn2nnc(COCC3CC3)c2C1. The maximum atomic E-state index is 13.2. The number of benzene rings is 1. The summed E-state index contributed by atoms with van der Waals surface area (Å²) >= 11 is 0. The molecule has 1 saturated carbocycles. The van der Waals surface area contributed by atoms with Crippen LogP contribution in [0.25, 0.3) is 10.9 Å². The van der Waals surface area contributed by atoms with E-state index in [1.807, 2.05) is 39.9 Å². The van der Waals surface area contributed by atoms with Gasteiger partial charge in [0.05, 0.1) is 36.5 Å². The molecule has 1 aliphatic heterocycles. The van der Waals surface area contributed by atoms with Gasteiger partial charge in [0.1, 0.15) is 5.69 Å². The molecule has 3 heterocycles. The number of aromatic nitrogens is 4. The molecule has 2 aliphatic rings. The first-order chi connectivity index (χ1) is 16.2. The second kappa shape index (κ2) is 9.75. The van der Waals surface area contributed by atoms with Crippen LogP contribution in [0, 0.1) is 5.92 Å². The number of hydrogen-bond donors (Lipinski definition) is 1. The van der Waals surface area contributed by atoms with E-state index in [2.05, 4.69) is 15.3 Å². The average molecular weight is 477 g/mol. The van der Waals surface area contributed by atoms with Crippen molar-refractivity contribution in [2.75, 3.05) is 13.2 Å². The lowest BCUT2D eigenvalue weighted by atomic mass is 10.1. The molecular weight excluding hydrogens is 455 g/mol. The van der Waals surface area contributed by atoms with Crippen LogP contribution >= 0.6 is 0 Å². The minimum Gasteiger partial charge on any atom is -0.475 e. The molecule has 180 valence electrons. The zero-order valence-electron chi connectivity index (χ0n) is 18.0. The molecule has 34 heavy (non-hydrogen) atoms. The Kier molecular flexibility index (Phi) is 6.77. The Bertz CT molecular complexity index is 1190. The molecule has 1 aliphatic carbocycles. The van der Waals surface area contributed by atoms with Crippen molar-refractivity contribution in [3.05, 3.63) is 53.5 Å².